The summed E-state index contributed by atoms with van der Waals surface area (Å²) in [7, 11) is 0. The molecular formula is C21H23N3O4. The first-order valence-corrected chi connectivity index (χ1v) is 9.68. The highest BCUT2D eigenvalue weighted by atomic mass is 16.3. The minimum Gasteiger partial charge on any atom is -0.467 e. The number of fused-ring (bicyclic) bond motifs is 1. The van der Waals surface area contributed by atoms with Crippen LogP contribution in [0.2, 0.25) is 0 Å². The lowest BCUT2D eigenvalue weighted by molar-refractivity contribution is -0.134. The molecule has 2 aromatic rings. The van der Waals surface area contributed by atoms with Crippen molar-refractivity contribution < 1.29 is 18.8 Å². The van der Waals surface area contributed by atoms with Gasteiger partial charge in [-0.15, -0.1) is 0 Å². The highest BCUT2D eigenvalue weighted by molar-refractivity contribution is 6.17. The molecule has 28 heavy (non-hydrogen) atoms. The number of nitrogens with zero attached hydrogens (tertiary/aromatic N) is 1. The number of nitrogens with one attached hydrogen (secondary N) is 2. The fourth-order valence-electron chi connectivity index (χ4n) is 4.03. The molecule has 1 atom stereocenters. The predicted molar refractivity (Wildman–Crippen MR) is 102 cm³/mol. The molecule has 1 unspecified atom stereocenters. The summed E-state index contributed by atoms with van der Waals surface area (Å²) in [6.45, 7) is 0.162. The summed E-state index contributed by atoms with van der Waals surface area (Å²) in [5.74, 6) is -0.679. The molecule has 1 aliphatic heterocycles. The van der Waals surface area contributed by atoms with Crippen molar-refractivity contribution >= 4 is 23.4 Å². The van der Waals surface area contributed by atoms with Crippen LogP contribution in [0.4, 0.5) is 5.69 Å². The lowest BCUT2D eigenvalue weighted by atomic mass is 9.92. The van der Waals surface area contributed by atoms with Crippen LogP contribution in [-0.4, -0.2) is 34.7 Å². The molecule has 1 saturated carbocycles. The van der Waals surface area contributed by atoms with E-state index < -0.39 is 17.9 Å². The second-order valence-corrected chi connectivity index (χ2v) is 7.24. The smallest absolute Gasteiger partial charge is 0.257 e. The second-order valence-electron chi connectivity index (χ2n) is 7.24. The summed E-state index contributed by atoms with van der Waals surface area (Å²) < 4.78 is 5.24. The van der Waals surface area contributed by atoms with E-state index in [1.165, 1.54) is 11.2 Å². The van der Waals surface area contributed by atoms with Gasteiger partial charge in [0.25, 0.3) is 17.7 Å². The second kappa shape index (κ2) is 7.88. The van der Waals surface area contributed by atoms with Crippen LogP contribution in [0.15, 0.2) is 47.1 Å². The third-order valence-electron chi connectivity index (χ3n) is 5.41. The Kier molecular flexibility index (Phi) is 5.14. The molecule has 0 bridgehead atoms. The van der Waals surface area contributed by atoms with Gasteiger partial charge in [-0.25, -0.2) is 0 Å². The predicted octanol–water partition coefficient (Wildman–Crippen LogP) is 2.69. The first-order chi connectivity index (χ1) is 13.6. The van der Waals surface area contributed by atoms with Gasteiger partial charge in [0, 0.05) is 6.04 Å². The van der Waals surface area contributed by atoms with E-state index in [0.717, 1.165) is 32.1 Å². The van der Waals surface area contributed by atoms with Gasteiger partial charge in [0.05, 0.1) is 24.1 Å². The van der Waals surface area contributed by atoms with Crippen molar-refractivity contribution in [1.82, 2.24) is 10.2 Å². The van der Waals surface area contributed by atoms with Crippen LogP contribution in [0.5, 0.6) is 0 Å². The Morgan fingerprint density at radius 3 is 2.64 bits per heavy atom. The summed E-state index contributed by atoms with van der Waals surface area (Å²) in [5, 5.41) is 5.50. The number of hydrogen-bond acceptors (Lipinski definition) is 4. The number of amides is 3. The van der Waals surface area contributed by atoms with Crippen molar-refractivity contribution in [2.45, 2.75) is 50.7 Å². The molecule has 1 aromatic carbocycles. The Morgan fingerprint density at radius 2 is 1.89 bits per heavy atom. The zero-order valence-corrected chi connectivity index (χ0v) is 15.5. The molecule has 2 N–H and O–H groups in total. The Balaban J connectivity index is 1.65. The Hall–Kier alpha value is -3.09. The van der Waals surface area contributed by atoms with Gasteiger partial charge in [0.1, 0.15) is 5.76 Å². The molecule has 7 nitrogen and oxygen atoms in total. The van der Waals surface area contributed by atoms with Gasteiger partial charge in [0.15, 0.2) is 6.04 Å². The van der Waals surface area contributed by atoms with E-state index in [1.807, 2.05) is 0 Å². The molecule has 1 aliphatic carbocycles. The number of anilines is 1. The highest BCUT2D eigenvalue weighted by Crippen LogP contribution is 2.30. The molecule has 3 amide bonds. The quantitative estimate of drug-likeness (QED) is 0.797. The maximum absolute atomic E-state index is 13.4. The van der Waals surface area contributed by atoms with E-state index in [4.69, 9.17) is 4.42 Å². The van der Waals surface area contributed by atoms with Crippen LogP contribution in [0.3, 0.4) is 0 Å². The van der Waals surface area contributed by atoms with E-state index in [0.29, 0.717) is 17.0 Å². The Bertz CT molecular complexity index is 872. The number of furan rings is 1. The van der Waals surface area contributed by atoms with Crippen molar-refractivity contribution in [2.24, 2.45) is 0 Å². The van der Waals surface area contributed by atoms with E-state index >= 15 is 0 Å². The van der Waals surface area contributed by atoms with E-state index in [-0.39, 0.29) is 18.5 Å². The zero-order chi connectivity index (χ0) is 19.5. The van der Waals surface area contributed by atoms with Crippen LogP contribution in [0.25, 0.3) is 0 Å². The van der Waals surface area contributed by atoms with Gasteiger partial charge in [-0.05, 0) is 37.1 Å². The van der Waals surface area contributed by atoms with Gasteiger partial charge in [-0.3, -0.25) is 14.4 Å². The maximum Gasteiger partial charge on any atom is 0.257 e. The molecule has 0 radical (unpaired) electrons. The molecule has 4 rings (SSSR count). The molecule has 1 aromatic heterocycles. The minimum atomic E-state index is -1.21. The lowest BCUT2D eigenvalue weighted by Gasteiger charge is -2.37. The van der Waals surface area contributed by atoms with Crippen LogP contribution < -0.4 is 10.6 Å². The number of rotatable bonds is 4. The first-order valence-electron chi connectivity index (χ1n) is 9.68. The number of benzene rings is 1. The number of para-hydroxylation sites is 1. The molecular weight excluding hydrogens is 358 g/mol. The summed E-state index contributed by atoms with van der Waals surface area (Å²) in [6, 6.07) is 9.04. The van der Waals surface area contributed by atoms with E-state index in [9.17, 15) is 14.4 Å². The third kappa shape index (κ3) is 3.52. The van der Waals surface area contributed by atoms with E-state index in [2.05, 4.69) is 10.6 Å². The van der Waals surface area contributed by atoms with Gasteiger partial charge in [-0.1, -0.05) is 31.4 Å². The summed E-state index contributed by atoms with van der Waals surface area (Å²) in [4.78, 5) is 40.9. The van der Waals surface area contributed by atoms with Crippen molar-refractivity contribution in [2.75, 3.05) is 5.32 Å². The van der Waals surface area contributed by atoms with Crippen LogP contribution >= 0.6 is 0 Å². The van der Waals surface area contributed by atoms with Gasteiger partial charge < -0.3 is 20.0 Å². The number of carbonyl (C=O) groups excluding carboxylic acids is 3. The van der Waals surface area contributed by atoms with Crippen molar-refractivity contribution in [1.29, 1.82) is 0 Å². The number of carbonyl (C=O) groups is 3. The van der Waals surface area contributed by atoms with Gasteiger partial charge in [-0.2, -0.15) is 0 Å². The highest BCUT2D eigenvalue weighted by Gasteiger charge is 2.43. The largest absolute Gasteiger partial charge is 0.467 e. The first kappa shape index (κ1) is 18.3. The molecule has 2 heterocycles. The topological polar surface area (TPSA) is 91.6 Å². The van der Waals surface area contributed by atoms with Crippen molar-refractivity contribution in [3.05, 3.63) is 54.0 Å². The SMILES string of the molecule is O=C(NCc1ccco1)C1C(=O)Nc2ccccc2C(=O)N1C1CCCCC1. The average Bonchev–Trinajstić information content (AvgIpc) is 3.20. The van der Waals surface area contributed by atoms with Crippen LogP contribution in [-0.2, 0) is 16.1 Å². The van der Waals surface area contributed by atoms with Gasteiger partial charge in [0.2, 0.25) is 0 Å². The average molecular weight is 381 g/mol. The van der Waals surface area contributed by atoms with Gasteiger partial charge >= 0.3 is 0 Å². The Labute approximate surface area is 163 Å². The fraction of sp³-hybridized carbons (Fsp3) is 0.381. The summed E-state index contributed by atoms with van der Waals surface area (Å²) in [5.41, 5.74) is 0.863. The number of hydrogen-bond donors (Lipinski definition) is 2. The normalized spacial score (nSPS) is 20.3. The molecule has 2 aliphatic rings. The summed E-state index contributed by atoms with van der Waals surface area (Å²) in [6.07, 6.45) is 6.19. The standard InChI is InChI=1S/C21H23N3O4/c25-19(22-13-15-9-6-12-28-15)18-20(26)23-17-11-5-4-10-16(17)21(27)24(18)14-7-2-1-3-8-14/h4-6,9-12,14,18H,1-3,7-8,13H2,(H,22,25)(H,23,26). The zero-order valence-electron chi connectivity index (χ0n) is 15.5. The van der Waals surface area contributed by atoms with Crippen molar-refractivity contribution in [3.63, 3.8) is 0 Å². The molecule has 1 fully saturated rings. The monoisotopic (exact) mass is 381 g/mol. The van der Waals surface area contributed by atoms with E-state index in [1.54, 1.807) is 36.4 Å². The molecule has 0 saturated heterocycles. The third-order valence-corrected chi connectivity index (χ3v) is 5.41. The van der Waals surface area contributed by atoms with Crippen LogP contribution in [0.1, 0.15) is 48.2 Å². The molecule has 7 heteroatoms. The lowest BCUT2D eigenvalue weighted by Crippen LogP contribution is -2.57. The minimum absolute atomic E-state index is 0.127. The molecule has 146 valence electrons. The molecule has 0 spiro atoms. The fourth-order valence-corrected chi connectivity index (χ4v) is 4.03. The Morgan fingerprint density at radius 1 is 1.11 bits per heavy atom. The van der Waals surface area contributed by atoms with Crippen molar-refractivity contribution in [3.8, 4) is 0 Å². The summed E-state index contributed by atoms with van der Waals surface area (Å²) >= 11 is 0. The van der Waals surface area contributed by atoms with Crippen LogP contribution in [0, 0.1) is 0 Å². The maximum atomic E-state index is 13.4.